The third-order valence-electron chi connectivity index (χ3n) is 4.30. The summed E-state index contributed by atoms with van der Waals surface area (Å²) in [6, 6.07) is 14.0. The fourth-order valence-electron chi connectivity index (χ4n) is 3.11. The zero-order valence-corrected chi connectivity index (χ0v) is 18.1. The molecular formula is C23H25NO5S. The van der Waals surface area contributed by atoms with Gasteiger partial charge in [-0.05, 0) is 62.7 Å². The fourth-order valence-corrected chi connectivity index (χ4v) is 3.97. The molecule has 1 N–H and O–H groups in total. The van der Waals surface area contributed by atoms with E-state index in [0.717, 1.165) is 0 Å². The summed E-state index contributed by atoms with van der Waals surface area (Å²) < 4.78 is 11.1. The van der Waals surface area contributed by atoms with Crippen LogP contribution in [0.4, 0.5) is 5.69 Å². The van der Waals surface area contributed by atoms with Gasteiger partial charge >= 0.3 is 0 Å². The Kier molecular flexibility index (Phi) is 7.18. The molecule has 2 aromatic rings. The second kappa shape index (κ2) is 9.82. The molecule has 2 aromatic carbocycles. The van der Waals surface area contributed by atoms with E-state index in [4.69, 9.17) is 9.47 Å². The topological polar surface area (TPSA) is 76.1 Å². The highest BCUT2D eigenvalue weighted by Crippen LogP contribution is 2.39. The first-order valence-electron chi connectivity index (χ1n) is 9.83. The molecule has 3 rings (SSSR count). The molecule has 158 valence electrons. The second-order valence-electron chi connectivity index (χ2n) is 6.84. The van der Waals surface area contributed by atoms with Crippen molar-refractivity contribution in [1.82, 2.24) is 0 Å². The number of benzene rings is 2. The van der Waals surface area contributed by atoms with Gasteiger partial charge in [0.25, 0.3) is 11.8 Å². The molecule has 0 bridgehead atoms. The summed E-state index contributed by atoms with van der Waals surface area (Å²) in [6.45, 7) is 6.21. The molecule has 6 nitrogen and oxygen atoms in total. The lowest BCUT2D eigenvalue weighted by Gasteiger charge is -2.16. The maximum Gasteiger partial charge on any atom is 0.272 e. The first kappa shape index (κ1) is 21.9. The average molecular weight is 428 g/mol. The quantitative estimate of drug-likeness (QED) is 0.612. The molecule has 1 aliphatic rings. The van der Waals surface area contributed by atoms with E-state index in [-0.39, 0.29) is 24.5 Å². The van der Waals surface area contributed by atoms with Gasteiger partial charge in [0.05, 0.1) is 35.5 Å². The minimum absolute atomic E-state index is 0.0376. The Morgan fingerprint density at radius 3 is 2.17 bits per heavy atom. The minimum Gasteiger partial charge on any atom is -0.494 e. The number of imide groups is 1. The van der Waals surface area contributed by atoms with Crippen LogP contribution in [0.15, 0.2) is 53.4 Å². The predicted molar refractivity (Wildman–Crippen MR) is 119 cm³/mol. The largest absolute Gasteiger partial charge is 0.494 e. The molecule has 7 heteroatoms. The lowest BCUT2D eigenvalue weighted by Crippen LogP contribution is -2.31. The van der Waals surface area contributed by atoms with Crippen molar-refractivity contribution in [1.29, 1.82) is 0 Å². The Balaban J connectivity index is 1.95. The number of carbonyl (C=O) groups is 2. The smallest absolute Gasteiger partial charge is 0.272 e. The summed E-state index contributed by atoms with van der Waals surface area (Å²) in [6.07, 6.45) is 0.0376. The number of hydrogen-bond acceptors (Lipinski definition) is 6. The van der Waals surface area contributed by atoms with Crippen molar-refractivity contribution in [3.8, 4) is 11.5 Å². The standard InChI is InChI=1S/C23H25NO5S/c1-4-28-18-11-7-17(8-12-18)24-22(26)20(21(23(24)27)30-14-13-25)16-5-9-19(10-6-16)29-15(2)3/h5-12,15,25H,4,13-14H2,1-3H3. The Morgan fingerprint density at radius 1 is 0.967 bits per heavy atom. The summed E-state index contributed by atoms with van der Waals surface area (Å²) in [4.78, 5) is 27.9. The second-order valence-corrected chi connectivity index (χ2v) is 7.94. The molecule has 0 atom stereocenters. The Morgan fingerprint density at radius 2 is 1.60 bits per heavy atom. The van der Waals surface area contributed by atoms with Crippen LogP contribution >= 0.6 is 11.8 Å². The van der Waals surface area contributed by atoms with E-state index >= 15 is 0 Å². The molecule has 0 radical (unpaired) electrons. The van der Waals surface area contributed by atoms with E-state index in [1.54, 1.807) is 48.5 Å². The lowest BCUT2D eigenvalue weighted by molar-refractivity contribution is -0.119. The van der Waals surface area contributed by atoms with Gasteiger partial charge in [0.2, 0.25) is 0 Å². The summed E-state index contributed by atoms with van der Waals surface area (Å²) >= 11 is 1.19. The van der Waals surface area contributed by atoms with Gasteiger partial charge in [0.15, 0.2) is 0 Å². The highest BCUT2D eigenvalue weighted by Gasteiger charge is 2.40. The molecule has 1 aliphatic heterocycles. The van der Waals surface area contributed by atoms with Crippen LogP contribution in [-0.4, -0.2) is 42.0 Å². The van der Waals surface area contributed by atoms with Crippen molar-refractivity contribution < 1.29 is 24.2 Å². The van der Waals surface area contributed by atoms with Crippen LogP contribution in [0.3, 0.4) is 0 Å². The van der Waals surface area contributed by atoms with Gasteiger partial charge in [-0.15, -0.1) is 11.8 Å². The van der Waals surface area contributed by atoms with Gasteiger partial charge in [-0.3, -0.25) is 9.59 Å². The number of aliphatic hydroxyl groups is 1. The highest BCUT2D eigenvalue weighted by molar-refractivity contribution is 8.04. The molecule has 0 spiro atoms. The van der Waals surface area contributed by atoms with Gasteiger partial charge in [-0.25, -0.2) is 4.90 Å². The zero-order chi connectivity index (χ0) is 21.7. The van der Waals surface area contributed by atoms with E-state index in [1.807, 2.05) is 20.8 Å². The van der Waals surface area contributed by atoms with Crippen molar-refractivity contribution in [3.63, 3.8) is 0 Å². The lowest BCUT2D eigenvalue weighted by atomic mass is 10.1. The maximum atomic E-state index is 13.3. The molecule has 0 saturated heterocycles. The zero-order valence-electron chi connectivity index (χ0n) is 17.3. The van der Waals surface area contributed by atoms with Gasteiger partial charge in [0.1, 0.15) is 11.5 Å². The number of carbonyl (C=O) groups excluding carboxylic acids is 2. The predicted octanol–water partition coefficient (Wildman–Crippen LogP) is 3.88. The van der Waals surface area contributed by atoms with Crippen molar-refractivity contribution in [2.45, 2.75) is 26.9 Å². The first-order valence-corrected chi connectivity index (χ1v) is 10.8. The summed E-state index contributed by atoms with van der Waals surface area (Å²) in [5.74, 6) is 0.911. The van der Waals surface area contributed by atoms with Crippen LogP contribution in [0.25, 0.3) is 5.57 Å². The van der Waals surface area contributed by atoms with Crippen LogP contribution in [0.5, 0.6) is 11.5 Å². The molecule has 0 aromatic heterocycles. The third kappa shape index (κ3) is 4.68. The fraction of sp³-hybridized carbons (Fsp3) is 0.304. The number of thioether (sulfide) groups is 1. The van der Waals surface area contributed by atoms with E-state index < -0.39 is 0 Å². The van der Waals surface area contributed by atoms with Crippen molar-refractivity contribution in [2.75, 3.05) is 23.9 Å². The summed E-state index contributed by atoms with van der Waals surface area (Å²) in [5.41, 5.74) is 1.45. The Labute approximate surface area is 180 Å². The van der Waals surface area contributed by atoms with Gasteiger partial charge < -0.3 is 14.6 Å². The average Bonchev–Trinajstić information content (AvgIpc) is 2.97. The van der Waals surface area contributed by atoms with E-state index in [1.165, 1.54) is 16.7 Å². The van der Waals surface area contributed by atoms with Crippen molar-refractivity contribution in [3.05, 3.63) is 59.0 Å². The summed E-state index contributed by atoms with van der Waals surface area (Å²) in [7, 11) is 0. The number of amides is 2. The maximum absolute atomic E-state index is 13.3. The van der Waals surface area contributed by atoms with Crippen LogP contribution in [0.1, 0.15) is 26.3 Å². The Hall–Kier alpha value is -2.77. The number of hydrogen-bond donors (Lipinski definition) is 1. The van der Waals surface area contributed by atoms with Gasteiger partial charge in [0, 0.05) is 5.75 Å². The first-order chi connectivity index (χ1) is 14.5. The van der Waals surface area contributed by atoms with Crippen LogP contribution in [0.2, 0.25) is 0 Å². The molecule has 0 unspecified atom stereocenters. The summed E-state index contributed by atoms with van der Waals surface area (Å²) in [5, 5.41) is 9.24. The molecule has 0 saturated carbocycles. The number of rotatable bonds is 9. The number of aliphatic hydroxyl groups excluding tert-OH is 1. The van der Waals surface area contributed by atoms with Crippen LogP contribution in [0, 0.1) is 0 Å². The SMILES string of the molecule is CCOc1ccc(N2C(=O)C(SCCO)=C(c3ccc(OC(C)C)cc3)C2=O)cc1. The van der Waals surface area contributed by atoms with Crippen LogP contribution in [-0.2, 0) is 9.59 Å². The van der Waals surface area contributed by atoms with E-state index in [0.29, 0.717) is 45.6 Å². The number of nitrogens with zero attached hydrogens (tertiary/aromatic N) is 1. The molecule has 0 aliphatic carbocycles. The molecule has 1 heterocycles. The van der Waals surface area contributed by atoms with Crippen molar-refractivity contribution in [2.24, 2.45) is 0 Å². The molecule has 2 amide bonds. The molecular weight excluding hydrogens is 402 g/mol. The van der Waals surface area contributed by atoms with Crippen molar-refractivity contribution >= 4 is 34.8 Å². The van der Waals surface area contributed by atoms with E-state index in [2.05, 4.69) is 0 Å². The minimum atomic E-state index is -0.389. The molecule has 0 fully saturated rings. The van der Waals surface area contributed by atoms with E-state index in [9.17, 15) is 14.7 Å². The Bertz CT molecular complexity index is 935. The monoisotopic (exact) mass is 427 g/mol. The number of anilines is 1. The highest BCUT2D eigenvalue weighted by atomic mass is 32.2. The number of ether oxygens (including phenoxy) is 2. The van der Waals surface area contributed by atoms with Gasteiger partial charge in [-0.1, -0.05) is 12.1 Å². The third-order valence-corrected chi connectivity index (χ3v) is 5.35. The van der Waals surface area contributed by atoms with Gasteiger partial charge in [-0.2, -0.15) is 0 Å². The molecule has 30 heavy (non-hydrogen) atoms. The normalized spacial score (nSPS) is 14.1. The van der Waals surface area contributed by atoms with Crippen LogP contribution < -0.4 is 14.4 Å².